The van der Waals surface area contributed by atoms with Gasteiger partial charge in [-0.05, 0) is 49.7 Å². The summed E-state index contributed by atoms with van der Waals surface area (Å²) in [6, 6.07) is 11.9. The molecule has 0 fully saturated rings. The molecule has 0 spiro atoms. The molecular weight excluding hydrogens is 334 g/mol. The SMILES string of the molecule is COc1ccc(OC(=O)CCCN2C(=O)c3ccc(C)cc3C2=O)cc1. The maximum absolute atomic E-state index is 12.4. The van der Waals surface area contributed by atoms with Crippen molar-refractivity contribution in [2.75, 3.05) is 13.7 Å². The third-order valence-corrected chi connectivity index (χ3v) is 4.18. The predicted molar refractivity (Wildman–Crippen MR) is 94.4 cm³/mol. The number of aryl methyl sites for hydroxylation is 1. The summed E-state index contributed by atoms with van der Waals surface area (Å²) in [4.78, 5) is 37.8. The fourth-order valence-corrected chi connectivity index (χ4v) is 2.82. The summed E-state index contributed by atoms with van der Waals surface area (Å²) < 4.78 is 10.3. The number of hydrogen-bond acceptors (Lipinski definition) is 5. The fraction of sp³-hybridized carbons (Fsp3) is 0.250. The van der Waals surface area contributed by atoms with Crippen LogP contribution in [0.4, 0.5) is 0 Å². The number of amides is 2. The second-order valence-corrected chi connectivity index (χ2v) is 6.06. The van der Waals surface area contributed by atoms with Crippen molar-refractivity contribution >= 4 is 17.8 Å². The van der Waals surface area contributed by atoms with Gasteiger partial charge in [-0.3, -0.25) is 19.3 Å². The summed E-state index contributed by atoms with van der Waals surface area (Å²) in [5.74, 6) is 0.0611. The molecule has 6 nitrogen and oxygen atoms in total. The fourth-order valence-electron chi connectivity index (χ4n) is 2.82. The quantitative estimate of drug-likeness (QED) is 0.453. The lowest BCUT2D eigenvalue weighted by Gasteiger charge is -2.13. The number of methoxy groups -OCH3 is 1. The molecule has 0 N–H and O–H groups in total. The Labute approximate surface area is 151 Å². The lowest BCUT2D eigenvalue weighted by atomic mass is 10.1. The van der Waals surface area contributed by atoms with Crippen LogP contribution in [0, 0.1) is 6.92 Å². The summed E-state index contributed by atoms with van der Waals surface area (Å²) in [6.45, 7) is 2.05. The number of imide groups is 1. The van der Waals surface area contributed by atoms with Crippen LogP contribution in [0.25, 0.3) is 0 Å². The topological polar surface area (TPSA) is 72.9 Å². The lowest BCUT2D eigenvalue weighted by Crippen LogP contribution is -2.31. The highest BCUT2D eigenvalue weighted by Gasteiger charge is 2.34. The highest BCUT2D eigenvalue weighted by molar-refractivity contribution is 6.21. The zero-order chi connectivity index (χ0) is 18.7. The summed E-state index contributed by atoms with van der Waals surface area (Å²) in [7, 11) is 1.56. The van der Waals surface area contributed by atoms with E-state index in [1.54, 1.807) is 49.6 Å². The number of benzene rings is 2. The summed E-state index contributed by atoms with van der Waals surface area (Å²) in [5.41, 5.74) is 1.77. The zero-order valence-corrected chi connectivity index (χ0v) is 14.7. The van der Waals surface area contributed by atoms with Crippen LogP contribution in [-0.2, 0) is 4.79 Å². The Morgan fingerprint density at radius 2 is 1.62 bits per heavy atom. The van der Waals surface area contributed by atoms with Crippen molar-refractivity contribution in [1.82, 2.24) is 4.90 Å². The monoisotopic (exact) mass is 353 g/mol. The van der Waals surface area contributed by atoms with Crippen LogP contribution in [0.1, 0.15) is 39.1 Å². The molecule has 1 aliphatic heterocycles. The van der Waals surface area contributed by atoms with Gasteiger partial charge in [-0.2, -0.15) is 0 Å². The van der Waals surface area contributed by atoms with Crippen molar-refractivity contribution < 1.29 is 23.9 Å². The molecule has 1 heterocycles. The smallest absolute Gasteiger partial charge is 0.311 e. The number of hydrogen-bond donors (Lipinski definition) is 0. The molecule has 1 aliphatic rings. The van der Waals surface area contributed by atoms with E-state index >= 15 is 0 Å². The van der Waals surface area contributed by atoms with Crippen LogP contribution in [0.3, 0.4) is 0 Å². The van der Waals surface area contributed by atoms with Crippen molar-refractivity contribution in [2.24, 2.45) is 0 Å². The van der Waals surface area contributed by atoms with Gasteiger partial charge in [0, 0.05) is 13.0 Å². The molecule has 3 rings (SSSR count). The molecule has 6 heteroatoms. The molecule has 134 valence electrons. The Morgan fingerprint density at radius 1 is 0.962 bits per heavy atom. The Balaban J connectivity index is 1.52. The van der Waals surface area contributed by atoms with Crippen molar-refractivity contribution in [1.29, 1.82) is 0 Å². The molecule has 0 aromatic heterocycles. The van der Waals surface area contributed by atoms with E-state index < -0.39 is 5.97 Å². The molecule has 2 amide bonds. The van der Waals surface area contributed by atoms with Gasteiger partial charge in [0.2, 0.25) is 0 Å². The zero-order valence-electron chi connectivity index (χ0n) is 14.7. The minimum absolute atomic E-state index is 0.110. The first-order valence-electron chi connectivity index (χ1n) is 8.31. The first-order chi connectivity index (χ1) is 12.5. The number of nitrogens with zero attached hydrogens (tertiary/aromatic N) is 1. The van der Waals surface area contributed by atoms with Gasteiger partial charge in [-0.25, -0.2) is 0 Å². The van der Waals surface area contributed by atoms with Gasteiger partial charge in [0.05, 0.1) is 18.2 Å². The Morgan fingerprint density at radius 3 is 2.31 bits per heavy atom. The van der Waals surface area contributed by atoms with E-state index in [0.717, 1.165) is 5.56 Å². The molecule has 2 aromatic rings. The minimum atomic E-state index is -0.414. The molecule has 0 radical (unpaired) electrons. The molecule has 0 atom stereocenters. The van der Waals surface area contributed by atoms with Crippen molar-refractivity contribution in [3.8, 4) is 11.5 Å². The summed E-state index contributed by atoms with van der Waals surface area (Å²) in [5, 5.41) is 0. The molecule has 0 saturated heterocycles. The van der Waals surface area contributed by atoms with Gasteiger partial charge >= 0.3 is 5.97 Å². The maximum Gasteiger partial charge on any atom is 0.311 e. The average Bonchev–Trinajstić information content (AvgIpc) is 2.86. The van der Waals surface area contributed by atoms with Crippen molar-refractivity contribution in [2.45, 2.75) is 19.8 Å². The van der Waals surface area contributed by atoms with Gasteiger partial charge in [0.25, 0.3) is 11.8 Å². The molecule has 0 saturated carbocycles. The number of carbonyl (C=O) groups excluding carboxylic acids is 3. The molecule has 0 unspecified atom stereocenters. The van der Waals surface area contributed by atoms with E-state index in [1.807, 2.05) is 6.92 Å². The van der Waals surface area contributed by atoms with Crippen LogP contribution in [0.2, 0.25) is 0 Å². The highest BCUT2D eigenvalue weighted by atomic mass is 16.5. The van der Waals surface area contributed by atoms with E-state index in [9.17, 15) is 14.4 Å². The molecule has 2 aromatic carbocycles. The number of esters is 1. The Hall–Kier alpha value is -3.15. The van der Waals surface area contributed by atoms with E-state index in [4.69, 9.17) is 9.47 Å². The Bertz CT molecular complexity index is 857. The van der Waals surface area contributed by atoms with Gasteiger partial charge in [-0.1, -0.05) is 11.6 Å². The normalized spacial score (nSPS) is 12.9. The molecule has 26 heavy (non-hydrogen) atoms. The first kappa shape index (κ1) is 17.7. The van der Waals surface area contributed by atoms with Crippen LogP contribution < -0.4 is 9.47 Å². The lowest BCUT2D eigenvalue weighted by molar-refractivity contribution is -0.134. The van der Waals surface area contributed by atoms with Gasteiger partial charge < -0.3 is 9.47 Å². The first-order valence-corrected chi connectivity index (χ1v) is 8.31. The third-order valence-electron chi connectivity index (χ3n) is 4.18. The van der Waals surface area contributed by atoms with E-state index in [2.05, 4.69) is 0 Å². The van der Waals surface area contributed by atoms with E-state index in [1.165, 1.54) is 4.90 Å². The number of carbonyl (C=O) groups is 3. The van der Waals surface area contributed by atoms with Crippen molar-refractivity contribution in [3.05, 3.63) is 59.2 Å². The van der Waals surface area contributed by atoms with Crippen LogP contribution in [0.5, 0.6) is 11.5 Å². The number of rotatable bonds is 6. The van der Waals surface area contributed by atoms with E-state index in [0.29, 0.717) is 29.0 Å². The molecule has 0 bridgehead atoms. The average molecular weight is 353 g/mol. The predicted octanol–water partition coefficient (Wildman–Crippen LogP) is 2.99. The molecule has 0 aliphatic carbocycles. The second kappa shape index (κ2) is 7.39. The standard InChI is InChI=1S/C20H19NO5/c1-13-5-10-16-17(12-13)20(24)21(19(16)23)11-3-4-18(22)26-15-8-6-14(25-2)7-9-15/h5-10,12H,3-4,11H2,1-2H3. The molecular formula is C20H19NO5. The minimum Gasteiger partial charge on any atom is -0.497 e. The highest BCUT2D eigenvalue weighted by Crippen LogP contribution is 2.24. The largest absolute Gasteiger partial charge is 0.497 e. The maximum atomic E-state index is 12.4. The number of ether oxygens (including phenoxy) is 2. The van der Waals surface area contributed by atoms with Crippen molar-refractivity contribution in [3.63, 3.8) is 0 Å². The number of fused-ring (bicyclic) bond motifs is 1. The summed E-state index contributed by atoms with van der Waals surface area (Å²) in [6.07, 6.45) is 0.456. The third kappa shape index (κ3) is 3.59. The van der Waals surface area contributed by atoms with E-state index in [-0.39, 0.29) is 24.8 Å². The van der Waals surface area contributed by atoms with Crippen LogP contribution in [0.15, 0.2) is 42.5 Å². The van der Waals surface area contributed by atoms with Gasteiger partial charge in [-0.15, -0.1) is 0 Å². The van der Waals surface area contributed by atoms with Crippen LogP contribution >= 0.6 is 0 Å². The Kier molecular flexibility index (Phi) is 5.02. The summed E-state index contributed by atoms with van der Waals surface area (Å²) >= 11 is 0. The van der Waals surface area contributed by atoms with Gasteiger partial charge in [0.15, 0.2) is 0 Å². The van der Waals surface area contributed by atoms with Crippen LogP contribution in [-0.4, -0.2) is 36.3 Å². The van der Waals surface area contributed by atoms with Gasteiger partial charge in [0.1, 0.15) is 11.5 Å². The second-order valence-electron chi connectivity index (χ2n) is 6.06.